The van der Waals surface area contributed by atoms with Gasteiger partial charge in [0.15, 0.2) is 0 Å². The fourth-order valence-electron chi connectivity index (χ4n) is 8.44. The number of rotatable bonds is 2. The Labute approximate surface area is 206 Å². The second-order valence-corrected chi connectivity index (χ2v) is 12.5. The molecule has 0 saturated heterocycles. The average molecular weight is 459 g/mol. The number of hydrogen-bond acceptors (Lipinski definition) is 2. The van der Waals surface area contributed by atoms with Crippen molar-refractivity contribution < 1.29 is 9.84 Å². The number of methoxy groups -OCH3 is 1. The highest BCUT2D eigenvalue weighted by Gasteiger charge is 2.57. The molecular weight excluding hydrogens is 416 g/mol. The third kappa shape index (κ3) is 3.50. The standard InChI is InChI=1S/C32H42O2/c1-21(7-8-22-9-11-23(34-6)12-10-22)25-14-15-26-24-13-16-28-30(2,3)29(33)18-20-32(28,5)27(24)17-19-31(25,26)4/h9-12,15,21,25,28-29,33H,13-14,16-20H2,1-6H3/t21-,25-,28+,29+,31-,32-/m1/s1. The van der Waals surface area contributed by atoms with Crippen molar-refractivity contribution >= 4 is 0 Å². The normalized spacial score (nSPS) is 36.9. The van der Waals surface area contributed by atoms with Crippen LogP contribution in [0, 0.1) is 45.8 Å². The Morgan fingerprint density at radius 1 is 1.00 bits per heavy atom. The second kappa shape index (κ2) is 8.30. The maximum atomic E-state index is 10.8. The molecule has 5 rings (SSSR count). The summed E-state index contributed by atoms with van der Waals surface area (Å²) >= 11 is 0. The minimum atomic E-state index is -0.165. The molecule has 0 bridgehead atoms. The van der Waals surface area contributed by atoms with Crippen LogP contribution in [0.4, 0.5) is 0 Å². The number of aliphatic hydroxyl groups is 1. The van der Waals surface area contributed by atoms with Crippen LogP contribution in [-0.4, -0.2) is 18.3 Å². The zero-order valence-corrected chi connectivity index (χ0v) is 22.0. The van der Waals surface area contributed by atoms with Crippen molar-refractivity contribution in [3.05, 3.63) is 52.6 Å². The van der Waals surface area contributed by atoms with Crippen LogP contribution < -0.4 is 4.74 Å². The number of aliphatic hydroxyl groups excluding tert-OH is 1. The van der Waals surface area contributed by atoms with Gasteiger partial charge in [-0.3, -0.25) is 0 Å². The van der Waals surface area contributed by atoms with E-state index in [9.17, 15) is 5.11 Å². The molecule has 6 atom stereocenters. The minimum absolute atomic E-state index is 0.00440. The zero-order valence-electron chi connectivity index (χ0n) is 22.0. The van der Waals surface area contributed by atoms with E-state index in [0.29, 0.717) is 17.8 Å². The molecule has 0 heterocycles. The SMILES string of the molecule is COc1ccc(C#C[C@@H](C)[C@H]2CC=C3C4=C(CC[C@@]32C)[C@@]2(C)CC[C@H](O)C(C)(C)[C@@H]2CC4)cc1. The van der Waals surface area contributed by atoms with E-state index in [1.165, 1.54) is 25.7 Å². The molecule has 2 heteroatoms. The van der Waals surface area contributed by atoms with Crippen molar-refractivity contribution in [1.82, 2.24) is 0 Å². The van der Waals surface area contributed by atoms with Crippen LogP contribution in [0.5, 0.6) is 5.75 Å². The lowest BCUT2D eigenvalue weighted by Gasteiger charge is -2.59. The van der Waals surface area contributed by atoms with Gasteiger partial charge in [0.1, 0.15) is 5.75 Å². The summed E-state index contributed by atoms with van der Waals surface area (Å²) in [5, 5.41) is 10.8. The largest absolute Gasteiger partial charge is 0.497 e. The summed E-state index contributed by atoms with van der Waals surface area (Å²) < 4.78 is 5.28. The first kappa shape index (κ1) is 23.7. The molecule has 1 aromatic rings. The van der Waals surface area contributed by atoms with Crippen LogP contribution in [0.1, 0.15) is 85.1 Å². The summed E-state index contributed by atoms with van der Waals surface area (Å²) in [6, 6.07) is 8.09. The van der Waals surface area contributed by atoms with Gasteiger partial charge in [0, 0.05) is 11.5 Å². The van der Waals surface area contributed by atoms with Gasteiger partial charge in [-0.2, -0.15) is 0 Å². The Kier molecular flexibility index (Phi) is 5.80. The lowest BCUT2D eigenvalue weighted by atomic mass is 9.46. The van der Waals surface area contributed by atoms with E-state index in [-0.39, 0.29) is 22.3 Å². The van der Waals surface area contributed by atoms with E-state index in [0.717, 1.165) is 30.6 Å². The molecule has 0 aromatic heterocycles. The molecule has 182 valence electrons. The molecule has 4 aliphatic carbocycles. The van der Waals surface area contributed by atoms with Crippen molar-refractivity contribution in [2.75, 3.05) is 7.11 Å². The first-order valence-corrected chi connectivity index (χ1v) is 13.4. The van der Waals surface area contributed by atoms with Crippen LogP contribution in [0.15, 0.2) is 47.1 Å². The van der Waals surface area contributed by atoms with Gasteiger partial charge in [-0.1, -0.05) is 58.1 Å². The maximum absolute atomic E-state index is 10.8. The van der Waals surface area contributed by atoms with Crippen LogP contribution in [0.2, 0.25) is 0 Å². The fourth-order valence-corrected chi connectivity index (χ4v) is 8.44. The van der Waals surface area contributed by atoms with Crippen molar-refractivity contribution in [3.8, 4) is 17.6 Å². The summed E-state index contributed by atoms with van der Waals surface area (Å²) in [4.78, 5) is 0. The van der Waals surface area contributed by atoms with Crippen LogP contribution >= 0.6 is 0 Å². The third-order valence-electron chi connectivity index (χ3n) is 10.6. The van der Waals surface area contributed by atoms with Gasteiger partial charge in [-0.05, 0) is 108 Å². The highest BCUT2D eigenvalue weighted by atomic mass is 16.5. The summed E-state index contributed by atoms with van der Waals surface area (Å²) in [7, 11) is 1.70. The van der Waals surface area contributed by atoms with Crippen molar-refractivity contribution in [3.63, 3.8) is 0 Å². The molecule has 0 spiro atoms. The summed E-state index contributed by atoms with van der Waals surface area (Å²) in [5.74, 6) is 9.44. The molecule has 2 nitrogen and oxygen atoms in total. The quantitative estimate of drug-likeness (QED) is 0.470. The van der Waals surface area contributed by atoms with Gasteiger partial charge in [-0.25, -0.2) is 0 Å². The zero-order chi connectivity index (χ0) is 24.3. The Balaban J connectivity index is 1.40. The van der Waals surface area contributed by atoms with Crippen molar-refractivity contribution in [2.24, 2.45) is 34.0 Å². The van der Waals surface area contributed by atoms with E-state index in [1.807, 2.05) is 12.1 Å². The number of hydrogen-bond donors (Lipinski definition) is 1. The van der Waals surface area contributed by atoms with E-state index in [2.05, 4.69) is 64.7 Å². The number of benzene rings is 1. The highest BCUT2D eigenvalue weighted by Crippen LogP contribution is 2.66. The first-order chi connectivity index (χ1) is 16.1. The van der Waals surface area contributed by atoms with E-state index >= 15 is 0 Å². The Hall–Kier alpha value is -1.98. The Morgan fingerprint density at radius 3 is 2.44 bits per heavy atom. The summed E-state index contributed by atoms with van der Waals surface area (Å²) in [6.07, 6.45) is 10.5. The van der Waals surface area contributed by atoms with E-state index in [4.69, 9.17) is 4.74 Å². The van der Waals surface area contributed by atoms with Gasteiger partial charge < -0.3 is 9.84 Å². The third-order valence-corrected chi connectivity index (χ3v) is 10.6. The summed E-state index contributed by atoms with van der Waals surface area (Å²) in [6.45, 7) is 12.0. The van der Waals surface area contributed by atoms with Crippen LogP contribution in [0.3, 0.4) is 0 Å². The Bertz CT molecular complexity index is 1080. The van der Waals surface area contributed by atoms with Gasteiger partial charge >= 0.3 is 0 Å². The molecule has 1 aromatic carbocycles. The molecule has 0 radical (unpaired) electrons. The van der Waals surface area contributed by atoms with Gasteiger partial charge in [0.25, 0.3) is 0 Å². The molecular formula is C32H42O2. The Morgan fingerprint density at radius 2 is 1.74 bits per heavy atom. The number of fused-ring (bicyclic) bond motifs is 4. The molecule has 0 aliphatic heterocycles. The first-order valence-electron chi connectivity index (χ1n) is 13.4. The predicted molar refractivity (Wildman–Crippen MR) is 139 cm³/mol. The molecule has 1 saturated carbocycles. The van der Waals surface area contributed by atoms with Crippen molar-refractivity contribution in [1.29, 1.82) is 0 Å². The maximum Gasteiger partial charge on any atom is 0.118 e. The molecule has 1 N–H and O–H groups in total. The van der Waals surface area contributed by atoms with E-state index < -0.39 is 0 Å². The molecule has 4 aliphatic rings. The minimum Gasteiger partial charge on any atom is -0.497 e. The molecule has 1 fully saturated rings. The average Bonchev–Trinajstić information content (AvgIpc) is 3.18. The number of allylic oxidation sites excluding steroid dienone is 4. The second-order valence-electron chi connectivity index (χ2n) is 12.5. The van der Waals surface area contributed by atoms with Gasteiger partial charge in [0.05, 0.1) is 13.2 Å². The van der Waals surface area contributed by atoms with E-state index in [1.54, 1.807) is 23.8 Å². The fraction of sp³-hybridized carbons (Fsp3) is 0.625. The van der Waals surface area contributed by atoms with Gasteiger partial charge in [-0.15, -0.1) is 0 Å². The smallest absolute Gasteiger partial charge is 0.118 e. The van der Waals surface area contributed by atoms with Crippen LogP contribution in [-0.2, 0) is 0 Å². The lowest BCUT2D eigenvalue weighted by Crippen LogP contribution is -2.53. The monoisotopic (exact) mass is 458 g/mol. The summed E-state index contributed by atoms with van der Waals surface area (Å²) in [5.41, 5.74) is 6.63. The number of ether oxygens (including phenoxy) is 1. The molecule has 34 heavy (non-hydrogen) atoms. The molecule has 0 unspecified atom stereocenters. The molecule has 0 amide bonds. The van der Waals surface area contributed by atoms with Crippen LogP contribution in [0.25, 0.3) is 0 Å². The highest BCUT2D eigenvalue weighted by molar-refractivity contribution is 5.50. The van der Waals surface area contributed by atoms with Gasteiger partial charge in [0.2, 0.25) is 0 Å². The predicted octanol–water partition coefficient (Wildman–Crippen LogP) is 7.32. The lowest BCUT2D eigenvalue weighted by molar-refractivity contribution is -0.0904. The topological polar surface area (TPSA) is 29.5 Å². The van der Waals surface area contributed by atoms with Crippen molar-refractivity contribution in [2.45, 2.75) is 85.7 Å².